The number of rotatable bonds is 5. The van der Waals surface area contributed by atoms with Gasteiger partial charge in [0.2, 0.25) is 0 Å². The topological polar surface area (TPSA) is 75.1 Å². The van der Waals surface area contributed by atoms with Crippen LogP contribution in [0.2, 0.25) is 0 Å². The van der Waals surface area contributed by atoms with Crippen molar-refractivity contribution < 1.29 is 14.6 Å². The molecule has 140 valence electrons. The summed E-state index contributed by atoms with van der Waals surface area (Å²) in [5.41, 5.74) is 1.98. The number of hydrogen-bond acceptors (Lipinski definition) is 4. The summed E-state index contributed by atoms with van der Waals surface area (Å²) in [7, 11) is 3.31. The van der Waals surface area contributed by atoms with Crippen molar-refractivity contribution in [2.45, 2.75) is 19.1 Å². The van der Waals surface area contributed by atoms with Crippen LogP contribution in [0.1, 0.15) is 11.1 Å². The van der Waals surface area contributed by atoms with Crippen LogP contribution in [0.5, 0.6) is 17.2 Å². The van der Waals surface area contributed by atoms with Crippen LogP contribution in [0.25, 0.3) is 0 Å². The fraction of sp³-hybridized carbons (Fsp3) is 0.316. The summed E-state index contributed by atoms with van der Waals surface area (Å²) < 4.78 is 11.1. The molecule has 3 N–H and O–H groups in total. The SMILES string of the molecule is CN=C(NCc1cc(OC)ccc1O)NCC1Cc2ccccc2O1.I. The number of hydrogen-bond donors (Lipinski definition) is 3. The number of para-hydroxylation sites is 1. The summed E-state index contributed by atoms with van der Waals surface area (Å²) in [5.74, 6) is 2.54. The molecule has 0 saturated carbocycles. The zero-order valence-corrected chi connectivity index (χ0v) is 17.2. The summed E-state index contributed by atoms with van der Waals surface area (Å²) in [6.45, 7) is 1.09. The lowest BCUT2D eigenvalue weighted by atomic mass is 10.1. The highest BCUT2D eigenvalue weighted by atomic mass is 127. The third kappa shape index (κ3) is 4.94. The highest BCUT2D eigenvalue weighted by Gasteiger charge is 2.22. The molecule has 1 atom stereocenters. The predicted octanol–water partition coefficient (Wildman–Crippen LogP) is 2.69. The van der Waals surface area contributed by atoms with Gasteiger partial charge in [-0.1, -0.05) is 18.2 Å². The number of fused-ring (bicyclic) bond motifs is 1. The molecule has 0 saturated heterocycles. The van der Waals surface area contributed by atoms with Gasteiger partial charge in [-0.2, -0.15) is 0 Å². The number of aliphatic imine (C=N–C) groups is 1. The number of nitrogens with one attached hydrogen (secondary N) is 2. The first-order chi connectivity index (χ1) is 12.2. The highest BCUT2D eigenvalue weighted by molar-refractivity contribution is 14.0. The maximum Gasteiger partial charge on any atom is 0.191 e. The van der Waals surface area contributed by atoms with Gasteiger partial charge in [-0.05, 0) is 29.8 Å². The van der Waals surface area contributed by atoms with Gasteiger partial charge in [0, 0.05) is 25.6 Å². The molecule has 26 heavy (non-hydrogen) atoms. The molecule has 7 heteroatoms. The van der Waals surface area contributed by atoms with E-state index in [1.54, 1.807) is 32.4 Å². The zero-order valence-electron chi connectivity index (χ0n) is 14.9. The molecule has 0 amide bonds. The number of methoxy groups -OCH3 is 1. The number of benzene rings is 2. The number of phenolic OH excluding ortho intramolecular Hbond substituents is 1. The van der Waals surface area contributed by atoms with Crippen LogP contribution in [0.4, 0.5) is 0 Å². The van der Waals surface area contributed by atoms with E-state index in [4.69, 9.17) is 9.47 Å². The molecule has 0 bridgehead atoms. The summed E-state index contributed by atoms with van der Waals surface area (Å²) in [4.78, 5) is 4.21. The van der Waals surface area contributed by atoms with Gasteiger partial charge in [0.05, 0.1) is 13.7 Å². The molecule has 6 nitrogen and oxygen atoms in total. The number of nitrogens with zero attached hydrogens (tertiary/aromatic N) is 1. The molecular weight excluding hydrogens is 445 g/mol. The summed E-state index contributed by atoms with van der Waals surface area (Å²) in [6, 6.07) is 13.2. The third-order valence-electron chi connectivity index (χ3n) is 4.17. The molecule has 1 aliphatic heterocycles. The van der Waals surface area contributed by atoms with Crippen molar-refractivity contribution in [2.24, 2.45) is 4.99 Å². The van der Waals surface area contributed by atoms with Gasteiger partial charge in [0.25, 0.3) is 0 Å². The van der Waals surface area contributed by atoms with Gasteiger partial charge in [-0.25, -0.2) is 0 Å². The molecule has 0 spiro atoms. The lowest BCUT2D eigenvalue weighted by molar-refractivity contribution is 0.235. The zero-order chi connectivity index (χ0) is 17.6. The summed E-state index contributed by atoms with van der Waals surface area (Å²) in [6.07, 6.45) is 0.970. The van der Waals surface area contributed by atoms with Gasteiger partial charge < -0.3 is 25.2 Å². The second kappa shape index (κ2) is 9.51. The van der Waals surface area contributed by atoms with E-state index in [-0.39, 0.29) is 35.8 Å². The molecular formula is C19H24IN3O3. The van der Waals surface area contributed by atoms with Crippen molar-refractivity contribution in [3.8, 4) is 17.2 Å². The molecule has 0 radical (unpaired) electrons. The van der Waals surface area contributed by atoms with Gasteiger partial charge in [0.1, 0.15) is 23.4 Å². The monoisotopic (exact) mass is 469 g/mol. The maximum atomic E-state index is 9.94. The summed E-state index contributed by atoms with van der Waals surface area (Å²) >= 11 is 0. The average Bonchev–Trinajstić information content (AvgIpc) is 3.06. The molecule has 0 aromatic heterocycles. The Balaban J connectivity index is 0.00000243. The first kappa shape index (κ1) is 20.2. The highest BCUT2D eigenvalue weighted by Crippen LogP contribution is 2.27. The van der Waals surface area contributed by atoms with E-state index in [1.807, 2.05) is 18.2 Å². The van der Waals surface area contributed by atoms with Crippen molar-refractivity contribution in [3.05, 3.63) is 53.6 Å². The Labute approximate surface area is 170 Å². The van der Waals surface area contributed by atoms with E-state index >= 15 is 0 Å². The predicted molar refractivity (Wildman–Crippen MR) is 113 cm³/mol. The smallest absolute Gasteiger partial charge is 0.191 e. The number of ether oxygens (including phenoxy) is 2. The van der Waals surface area contributed by atoms with E-state index < -0.39 is 0 Å². The van der Waals surface area contributed by atoms with Gasteiger partial charge >= 0.3 is 0 Å². The van der Waals surface area contributed by atoms with Crippen LogP contribution in [-0.4, -0.2) is 37.9 Å². The third-order valence-corrected chi connectivity index (χ3v) is 4.17. The van der Waals surface area contributed by atoms with Gasteiger partial charge in [-0.15, -0.1) is 24.0 Å². The number of aromatic hydroxyl groups is 1. The van der Waals surface area contributed by atoms with Crippen molar-refractivity contribution in [3.63, 3.8) is 0 Å². The van der Waals surface area contributed by atoms with E-state index in [0.29, 0.717) is 24.8 Å². The van der Waals surface area contributed by atoms with E-state index in [1.165, 1.54) is 5.56 Å². The molecule has 1 heterocycles. The Morgan fingerprint density at radius 1 is 1.27 bits per heavy atom. The van der Waals surface area contributed by atoms with Crippen LogP contribution >= 0.6 is 24.0 Å². The molecule has 1 aliphatic rings. The Kier molecular flexibility index (Phi) is 7.38. The van der Waals surface area contributed by atoms with Gasteiger partial charge in [0.15, 0.2) is 5.96 Å². The van der Waals surface area contributed by atoms with Crippen LogP contribution in [-0.2, 0) is 13.0 Å². The fourth-order valence-electron chi connectivity index (χ4n) is 2.81. The molecule has 0 fully saturated rings. The minimum Gasteiger partial charge on any atom is -0.508 e. The van der Waals surface area contributed by atoms with Crippen molar-refractivity contribution in [1.29, 1.82) is 0 Å². The molecule has 0 aliphatic carbocycles. The summed E-state index contributed by atoms with van der Waals surface area (Å²) in [5, 5.41) is 16.4. The number of guanidine groups is 1. The molecule has 2 aromatic rings. The fourth-order valence-corrected chi connectivity index (χ4v) is 2.81. The minimum atomic E-state index is 0. The lowest BCUT2D eigenvalue weighted by Crippen LogP contribution is -2.41. The van der Waals surface area contributed by atoms with Crippen molar-refractivity contribution in [1.82, 2.24) is 10.6 Å². The van der Waals surface area contributed by atoms with Gasteiger partial charge in [-0.3, -0.25) is 4.99 Å². The minimum absolute atomic E-state index is 0. The van der Waals surface area contributed by atoms with Crippen LogP contribution in [0.15, 0.2) is 47.5 Å². The maximum absolute atomic E-state index is 9.94. The van der Waals surface area contributed by atoms with Crippen molar-refractivity contribution >= 4 is 29.9 Å². The second-order valence-corrected chi connectivity index (χ2v) is 5.85. The average molecular weight is 469 g/mol. The molecule has 3 rings (SSSR count). The van der Waals surface area contributed by atoms with Crippen molar-refractivity contribution in [2.75, 3.05) is 20.7 Å². The van der Waals surface area contributed by atoms with Crippen LogP contribution in [0.3, 0.4) is 0 Å². The quantitative estimate of drug-likeness (QED) is 0.357. The lowest BCUT2D eigenvalue weighted by Gasteiger charge is -2.16. The largest absolute Gasteiger partial charge is 0.508 e. The normalized spacial score (nSPS) is 15.5. The van der Waals surface area contributed by atoms with E-state index in [0.717, 1.165) is 17.7 Å². The Morgan fingerprint density at radius 2 is 2.08 bits per heavy atom. The Morgan fingerprint density at radius 3 is 2.81 bits per heavy atom. The molecule has 2 aromatic carbocycles. The van der Waals surface area contributed by atoms with Crippen LogP contribution < -0.4 is 20.1 Å². The second-order valence-electron chi connectivity index (χ2n) is 5.85. The molecule has 1 unspecified atom stereocenters. The number of halogens is 1. The van der Waals surface area contributed by atoms with E-state index in [9.17, 15) is 5.11 Å². The van der Waals surface area contributed by atoms with Crippen LogP contribution in [0, 0.1) is 0 Å². The first-order valence-corrected chi connectivity index (χ1v) is 8.24. The Bertz CT molecular complexity index is 742. The first-order valence-electron chi connectivity index (χ1n) is 8.24. The van der Waals surface area contributed by atoms with E-state index in [2.05, 4.69) is 21.7 Å². The standard InChI is InChI=1S/C19H23N3O3.HI/c1-20-19(21-11-14-10-15(24-2)7-8-17(14)23)22-12-16-9-13-5-3-4-6-18(13)25-16;/h3-8,10,16,23H,9,11-12H2,1-2H3,(H2,20,21,22);1H. The number of phenols is 1. The Hall–Kier alpha value is -2.16.